The van der Waals surface area contributed by atoms with Gasteiger partial charge in [-0.15, -0.1) is 0 Å². The van der Waals surface area contributed by atoms with E-state index in [4.69, 9.17) is 14.2 Å². The van der Waals surface area contributed by atoms with E-state index in [9.17, 15) is 4.79 Å². The molecule has 0 aliphatic rings. The highest BCUT2D eigenvalue weighted by molar-refractivity contribution is 9.10. The lowest BCUT2D eigenvalue weighted by Crippen LogP contribution is -2.16. The van der Waals surface area contributed by atoms with Crippen molar-refractivity contribution in [3.05, 3.63) is 22.2 Å². The predicted molar refractivity (Wildman–Crippen MR) is 76.9 cm³/mol. The summed E-state index contributed by atoms with van der Waals surface area (Å²) in [5.74, 6) is 0.705. The fourth-order valence-electron chi connectivity index (χ4n) is 1.95. The van der Waals surface area contributed by atoms with Gasteiger partial charge in [-0.05, 0) is 35.3 Å². The quantitative estimate of drug-likeness (QED) is 0.748. The molecule has 0 fully saturated rings. The third-order valence-corrected chi connectivity index (χ3v) is 3.62. The number of hydrogen-bond donors (Lipinski definition) is 0. The first kappa shape index (κ1) is 15.8. The Labute approximate surface area is 122 Å². The zero-order chi connectivity index (χ0) is 14.4. The lowest BCUT2D eigenvalue weighted by Gasteiger charge is -2.19. The van der Waals surface area contributed by atoms with E-state index in [1.54, 1.807) is 21.1 Å². The fourth-order valence-corrected chi connectivity index (χ4v) is 2.63. The molecule has 0 saturated heterocycles. The van der Waals surface area contributed by atoms with Crippen molar-refractivity contribution in [3.63, 3.8) is 0 Å². The number of carbonyl (C=O) groups excluding carboxylic acids is 1. The van der Waals surface area contributed by atoms with E-state index < -0.39 is 0 Å². The zero-order valence-corrected chi connectivity index (χ0v) is 13.2. The van der Waals surface area contributed by atoms with Crippen LogP contribution in [0.15, 0.2) is 16.6 Å². The Morgan fingerprint density at radius 2 is 1.95 bits per heavy atom. The van der Waals surface area contributed by atoms with Gasteiger partial charge < -0.3 is 14.2 Å². The minimum atomic E-state index is -0.336. The molecule has 0 heterocycles. The van der Waals surface area contributed by atoms with Gasteiger partial charge in [-0.3, -0.25) is 4.79 Å². The maximum atomic E-state index is 12.0. The van der Waals surface area contributed by atoms with Crippen LogP contribution in [0.5, 0.6) is 11.5 Å². The molecule has 0 spiro atoms. The van der Waals surface area contributed by atoms with E-state index in [0.717, 1.165) is 5.56 Å². The molecule has 1 unspecified atom stereocenters. The Bertz CT molecular complexity index is 445. The minimum absolute atomic E-state index is 0.236. The van der Waals surface area contributed by atoms with Crippen LogP contribution in [0.25, 0.3) is 0 Å². The summed E-state index contributed by atoms with van der Waals surface area (Å²) in [5, 5.41) is 0. The fraction of sp³-hybridized carbons (Fsp3) is 0.500. The highest BCUT2D eigenvalue weighted by Gasteiger charge is 2.25. The van der Waals surface area contributed by atoms with Gasteiger partial charge in [-0.1, -0.05) is 13.0 Å². The van der Waals surface area contributed by atoms with Gasteiger partial charge in [-0.25, -0.2) is 0 Å². The summed E-state index contributed by atoms with van der Waals surface area (Å²) in [6.45, 7) is 4.11. The molecule has 0 saturated carbocycles. The third kappa shape index (κ3) is 3.41. The molecule has 0 aliphatic heterocycles. The van der Waals surface area contributed by atoms with Crippen molar-refractivity contribution < 1.29 is 19.0 Å². The predicted octanol–water partition coefficient (Wildman–Crippen LogP) is 3.52. The van der Waals surface area contributed by atoms with Gasteiger partial charge in [0.1, 0.15) is 16.0 Å². The molecule has 0 N–H and O–H groups in total. The van der Waals surface area contributed by atoms with Crippen LogP contribution in [0.1, 0.15) is 31.7 Å². The van der Waals surface area contributed by atoms with Gasteiger partial charge >= 0.3 is 5.97 Å². The van der Waals surface area contributed by atoms with Crippen LogP contribution in [-0.2, 0) is 9.53 Å². The number of esters is 1. The number of ether oxygens (including phenoxy) is 3. The van der Waals surface area contributed by atoms with Gasteiger partial charge in [0.15, 0.2) is 0 Å². The lowest BCUT2D eigenvalue weighted by molar-refractivity contribution is -0.145. The number of benzene rings is 1. The Morgan fingerprint density at radius 3 is 2.42 bits per heavy atom. The second-order valence-electron chi connectivity index (χ2n) is 3.92. The van der Waals surface area contributed by atoms with E-state index in [-0.39, 0.29) is 11.9 Å². The second-order valence-corrected chi connectivity index (χ2v) is 4.71. The highest BCUT2D eigenvalue weighted by Crippen LogP contribution is 2.41. The first-order valence-corrected chi connectivity index (χ1v) is 6.96. The van der Waals surface area contributed by atoms with Gasteiger partial charge in [0.05, 0.1) is 26.7 Å². The van der Waals surface area contributed by atoms with Crippen LogP contribution >= 0.6 is 15.9 Å². The number of hydrogen-bond acceptors (Lipinski definition) is 4. The van der Waals surface area contributed by atoms with Crippen LogP contribution < -0.4 is 9.47 Å². The highest BCUT2D eigenvalue weighted by atomic mass is 79.9. The van der Waals surface area contributed by atoms with Gasteiger partial charge in [0.25, 0.3) is 0 Å². The van der Waals surface area contributed by atoms with Gasteiger partial charge in [-0.2, -0.15) is 0 Å². The monoisotopic (exact) mass is 330 g/mol. The van der Waals surface area contributed by atoms with Crippen molar-refractivity contribution in [2.24, 2.45) is 0 Å². The number of methoxy groups -OCH3 is 2. The summed E-state index contributed by atoms with van der Waals surface area (Å²) < 4.78 is 16.4. The Morgan fingerprint density at radius 1 is 1.26 bits per heavy atom. The third-order valence-electron chi connectivity index (χ3n) is 2.87. The molecule has 0 bridgehead atoms. The van der Waals surface area contributed by atoms with Crippen molar-refractivity contribution >= 4 is 21.9 Å². The molecule has 1 aromatic rings. The first-order valence-electron chi connectivity index (χ1n) is 6.17. The molecule has 0 radical (unpaired) electrons. The summed E-state index contributed by atoms with van der Waals surface area (Å²) in [5.41, 5.74) is 0.802. The smallest absolute Gasteiger partial charge is 0.313 e. The van der Waals surface area contributed by atoms with Gasteiger partial charge in [0.2, 0.25) is 0 Å². The van der Waals surface area contributed by atoms with E-state index in [1.807, 2.05) is 19.1 Å². The standard InChI is InChI=1S/C14H19BrO4/c1-5-9(14(16)19-6-2)10-7-8-11(17-3)12(15)13(10)18-4/h7-9H,5-6H2,1-4H3. The molecule has 0 amide bonds. The summed E-state index contributed by atoms with van der Waals surface area (Å²) in [4.78, 5) is 12.0. The molecule has 1 rings (SSSR count). The molecule has 0 aromatic heterocycles. The SMILES string of the molecule is CCOC(=O)C(CC)c1ccc(OC)c(Br)c1OC. The topological polar surface area (TPSA) is 44.8 Å². The Hall–Kier alpha value is -1.23. The van der Waals surface area contributed by atoms with Gasteiger partial charge in [0, 0.05) is 5.56 Å². The zero-order valence-electron chi connectivity index (χ0n) is 11.7. The Balaban J connectivity index is 3.24. The molecule has 106 valence electrons. The molecule has 1 aromatic carbocycles. The van der Waals surface area contributed by atoms with Crippen molar-refractivity contribution in [2.75, 3.05) is 20.8 Å². The molecule has 1 atom stereocenters. The lowest BCUT2D eigenvalue weighted by atomic mass is 9.95. The van der Waals surface area contributed by atoms with Crippen molar-refractivity contribution in [2.45, 2.75) is 26.2 Å². The largest absolute Gasteiger partial charge is 0.495 e. The normalized spacial score (nSPS) is 11.8. The summed E-state index contributed by atoms with van der Waals surface area (Å²) >= 11 is 3.44. The van der Waals surface area contributed by atoms with Crippen LogP contribution in [0, 0.1) is 0 Å². The molecule has 0 aliphatic carbocycles. The van der Waals surface area contributed by atoms with E-state index in [1.165, 1.54) is 0 Å². The Kier molecular flexibility index (Phi) is 6.15. The number of rotatable bonds is 6. The first-order chi connectivity index (χ1) is 9.10. The second kappa shape index (κ2) is 7.38. The number of halogens is 1. The number of carbonyl (C=O) groups is 1. The van der Waals surface area contributed by atoms with Crippen molar-refractivity contribution in [3.8, 4) is 11.5 Å². The summed E-state index contributed by atoms with van der Waals surface area (Å²) in [6.07, 6.45) is 0.647. The minimum Gasteiger partial charge on any atom is -0.495 e. The van der Waals surface area contributed by atoms with Crippen molar-refractivity contribution in [1.82, 2.24) is 0 Å². The summed E-state index contributed by atoms with van der Waals surface area (Å²) in [7, 11) is 3.16. The molecule has 19 heavy (non-hydrogen) atoms. The molecule has 4 nitrogen and oxygen atoms in total. The molecular weight excluding hydrogens is 312 g/mol. The maximum Gasteiger partial charge on any atom is 0.313 e. The maximum absolute atomic E-state index is 12.0. The van der Waals surface area contributed by atoms with Crippen LogP contribution in [0.4, 0.5) is 0 Å². The summed E-state index contributed by atoms with van der Waals surface area (Å²) in [6, 6.07) is 3.65. The van der Waals surface area contributed by atoms with Crippen molar-refractivity contribution in [1.29, 1.82) is 0 Å². The van der Waals surface area contributed by atoms with E-state index in [0.29, 0.717) is 29.0 Å². The van der Waals surface area contributed by atoms with Crippen LogP contribution in [-0.4, -0.2) is 26.8 Å². The average molecular weight is 331 g/mol. The average Bonchev–Trinajstić information content (AvgIpc) is 2.40. The van der Waals surface area contributed by atoms with Crippen LogP contribution in [0.3, 0.4) is 0 Å². The van der Waals surface area contributed by atoms with Crippen LogP contribution in [0.2, 0.25) is 0 Å². The van der Waals surface area contributed by atoms with E-state index in [2.05, 4.69) is 15.9 Å². The van der Waals surface area contributed by atoms with E-state index >= 15 is 0 Å². The molecule has 5 heteroatoms. The molecular formula is C14H19BrO4.